The number of anilines is 1. The van der Waals surface area contributed by atoms with Gasteiger partial charge in [0, 0.05) is 45.0 Å². The van der Waals surface area contributed by atoms with Crippen molar-refractivity contribution in [3.63, 3.8) is 0 Å². The average Bonchev–Trinajstić information content (AvgIpc) is 3.19. The number of amides is 1. The molecule has 0 unspecified atom stereocenters. The molecule has 1 saturated heterocycles. The molecule has 7 nitrogen and oxygen atoms in total. The summed E-state index contributed by atoms with van der Waals surface area (Å²) >= 11 is 0. The zero-order valence-corrected chi connectivity index (χ0v) is 21.0. The van der Waals surface area contributed by atoms with Crippen molar-refractivity contribution in [1.29, 1.82) is 5.26 Å². The lowest BCUT2D eigenvalue weighted by molar-refractivity contribution is 0.0240. The number of pyridine rings is 1. The number of nitrogens with zero attached hydrogens (tertiary/aromatic N) is 5. The normalized spacial score (nSPS) is 14.2. The minimum absolute atomic E-state index is 0.272. The Morgan fingerprint density at radius 3 is 2.42 bits per heavy atom. The Labute approximate surface area is 211 Å². The highest BCUT2D eigenvalue weighted by molar-refractivity contribution is 5.75. The third kappa shape index (κ3) is 5.74. The number of hydrogen-bond acceptors (Lipinski definition) is 5. The summed E-state index contributed by atoms with van der Waals surface area (Å²) in [6.45, 7) is 7.82. The Morgan fingerprint density at radius 1 is 1.08 bits per heavy atom. The van der Waals surface area contributed by atoms with Crippen molar-refractivity contribution in [1.82, 2.24) is 14.5 Å². The molecule has 0 aliphatic carbocycles. The monoisotopic (exact) mass is 487 g/mol. The smallest absolute Gasteiger partial charge is 0.410 e. The van der Waals surface area contributed by atoms with Gasteiger partial charge in [0.15, 0.2) is 0 Å². The van der Waals surface area contributed by atoms with E-state index in [1.54, 1.807) is 23.2 Å². The third-order valence-corrected chi connectivity index (χ3v) is 5.95. The molecule has 3 heterocycles. The van der Waals surface area contributed by atoms with Crippen molar-refractivity contribution < 1.29 is 13.9 Å². The average molecular weight is 488 g/mol. The first-order valence-corrected chi connectivity index (χ1v) is 11.9. The van der Waals surface area contributed by atoms with Gasteiger partial charge in [-0.15, -0.1) is 0 Å². The molecule has 0 bridgehead atoms. The number of benzene rings is 1. The molecule has 0 N–H and O–H groups in total. The Balaban J connectivity index is 1.53. The third-order valence-electron chi connectivity index (χ3n) is 5.95. The molecule has 8 heteroatoms. The van der Waals surface area contributed by atoms with Crippen LogP contribution in [0, 0.1) is 17.1 Å². The summed E-state index contributed by atoms with van der Waals surface area (Å²) in [5, 5.41) is 9.86. The minimum Gasteiger partial charge on any atom is -0.444 e. The fourth-order valence-electron chi connectivity index (χ4n) is 4.22. The second-order valence-corrected chi connectivity index (χ2v) is 9.75. The van der Waals surface area contributed by atoms with Crippen LogP contribution in [0.5, 0.6) is 0 Å². The van der Waals surface area contributed by atoms with E-state index < -0.39 is 5.60 Å². The molecule has 4 rings (SSSR count). The number of carbonyl (C=O) groups is 1. The van der Waals surface area contributed by atoms with Crippen molar-refractivity contribution in [3.8, 4) is 17.3 Å². The van der Waals surface area contributed by atoms with E-state index in [0.717, 1.165) is 28.3 Å². The van der Waals surface area contributed by atoms with E-state index in [-0.39, 0.29) is 11.9 Å². The van der Waals surface area contributed by atoms with Gasteiger partial charge in [0.1, 0.15) is 23.3 Å². The molecular formula is C28H30FN5O2. The van der Waals surface area contributed by atoms with Crippen molar-refractivity contribution in [2.45, 2.75) is 26.4 Å². The van der Waals surface area contributed by atoms with Crippen molar-refractivity contribution in [3.05, 3.63) is 71.3 Å². The topological polar surface area (TPSA) is 74.4 Å². The van der Waals surface area contributed by atoms with Crippen LogP contribution in [0.4, 0.5) is 15.0 Å². The van der Waals surface area contributed by atoms with Crippen LogP contribution < -0.4 is 4.90 Å². The van der Waals surface area contributed by atoms with Gasteiger partial charge in [-0.2, -0.15) is 5.26 Å². The molecule has 36 heavy (non-hydrogen) atoms. The van der Waals surface area contributed by atoms with Crippen LogP contribution in [0.3, 0.4) is 0 Å². The Hall–Kier alpha value is -4.12. The lowest BCUT2D eigenvalue weighted by Crippen LogP contribution is -2.50. The molecule has 0 saturated carbocycles. The predicted molar refractivity (Wildman–Crippen MR) is 139 cm³/mol. The van der Waals surface area contributed by atoms with Crippen LogP contribution in [0.25, 0.3) is 23.4 Å². The van der Waals surface area contributed by atoms with Crippen LogP contribution in [-0.4, -0.2) is 52.3 Å². The van der Waals surface area contributed by atoms with E-state index in [0.29, 0.717) is 31.7 Å². The number of carbonyl (C=O) groups excluding carboxylic acids is 1. The van der Waals surface area contributed by atoms with Crippen LogP contribution in [0.1, 0.15) is 37.6 Å². The lowest BCUT2D eigenvalue weighted by Gasteiger charge is -2.37. The van der Waals surface area contributed by atoms with Crippen LogP contribution >= 0.6 is 0 Å². The van der Waals surface area contributed by atoms with E-state index in [4.69, 9.17) is 4.74 Å². The summed E-state index contributed by atoms with van der Waals surface area (Å²) in [6.07, 6.45) is 5.18. The molecule has 0 spiro atoms. The van der Waals surface area contributed by atoms with E-state index in [1.165, 1.54) is 12.1 Å². The van der Waals surface area contributed by atoms with Gasteiger partial charge in [-0.1, -0.05) is 18.2 Å². The maximum absolute atomic E-state index is 13.2. The Morgan fingerprint density at radius 2 is 1.78 bits per heavy atom. The number of piperazine rings is 1. The zero-order chi connectivity index (χ0) is 25.9. The number of aromatic nitrogens is 2. The second kappa shape index (κ2) is 10.2. The van der Waals surface area contributed by atoms with Crippen molar-refractivity contribution >= 4 is 24.1 Å². The Kier molecular flexibility index (Phi) is 7.11. The largest absolute Gasteiger partial charge is 0.444 e. The maximum atomic E-state index is 13.2. The van der Waals surface area contributed by atoms with E-state index >= 15 is 0 Å². The van der Waals surface area contributed by atoms with Gasteiger partial charge in [-0.05, 0) is 62.7 Å². The first-order chi connectivity index (χ1) is 17.1. The number of ether oxygens (including phenoxy) is 1. The molecule has 0 atom stereocenters. The number of hydrogen-bond donors (Lipinski definition) is 0. The molecule has 1 fully saturated rings. The molecule has 1 amide bonds. The van der Waals surface area contributed by atoms with Gasteiger partial charge >= 0.3 is 6.09 Å². The van der Waals surface area contributed by atoms with Crippen molar-refractivity contribution in [2.24, 2.45) is 7.05 Å². The molecule has 1 aliphatic rings. The molecule has 186 valence electrons. The number of rotatable bonds is 4. The van der Waals surface area contributed by atoms with Gasteiger partial charge in [0.25, 0.3) is 0 Å². The molecule has 2 aromatic heterocycles. The predicted octanol–water partition coefficient (Wildman–Crippen LogP) is 5.33. The number of nitriles is 1. The Bertz CT molecular complexity index is 1310. The quantitative estimate of drug-likeness (QED) is 0.498. The highest BCUT2D eigenvalue weighted by Gasteiger charge is 2.28. The molecule has 1 aliphatic heterocycles. The fourth-order valence-corrected chi connectivity index (χ4v) is 4.22. The SMILES string of the molecule is Cn1c(-c2ccnc(C=Cc3ccc(F)cc3)c2)cc(C#N)c1N1CCN(C(=O)OC(C)(C)C)CC1. The van der Waals surface area contributed by atoms with Gasteiger partial charge in [-0.25, -0.2) is 9.18 Å². The maximum Gasteiger partial charge on any atom is 0.410 e. The first-order valence-electron chi connectivity index (χ1n) is 11.9. The molecule has 3 aromatic rings. The van der Waals surface area contributed by atoms with Crippen LogP contribution in [-0.2, 0) is 11.8 Å². The second-order valence-electron chi connectivity index (χ2n) is 9.75. The summed E-state index contributed by atoms with van der Waals surface area (Å²) in [6, 6.07) is 14.3. The van der Waals surface area contributed by atoms with E-state index in [1.807, 2.05) is 62.7 Å². The summed E-state index contributed by atoms with van der Waals surface area (Å²) in [7, 11) is 1.94. The fraction of sp³-hybridized carbons (Fsp3) is 0.321. The summed E-state index contributed by atoms with van der Waals surface area (Å²) in [5.41, 5.74) is 3.51. The standard InChI is InChI=1S/C28H30FN5O2/c1-28(2,3)36-27(35)34-15-13-33(14-16-34)26-22(19-30)18-25(32(26)4)21-11-12-31-24(17-21)10-7-20-5-8-23(29)9-6-20/h5-12,17-18H,13-16H2,1-4H3. The van der Waals surface area contributed by atoms with E-state index in [2.05, 4.69) is 16.0 Å². The van der Waals surface area contributed by atoms with Gasteiger partial charge in [0.2, 0.25) is 0 Å². The highest BCUT2D eigenvalue weighted by Crippen LogP contribution is 2.32. The van der Waals surface area contributed by atoms with Gasteiger partial charge in [0.05, 0.1) is 17.0 Å². The van der Waals surface area contributed by atoms with Crippen LogP contribution in [0.2, 0.25) is 0 Å². The zero-order valence-electron chi connectivity index (χ0n) is 21.0. The van der Waals surface area contributed by atoms with Gasteiger partial charge in [-0.3, -0.25) is 4.98 Å². The van der Waals surface area contributed by atoms with Crippen molar-refractivity contribution in [2.75, 3.05) is 31.1 Å². The first kappa shape index (κ1) is 25.0. The molecular weight excluding hydrogens is 457 g/mol. The minimum atomic E-state index is -0.535. The van der Waals surface area contributed by atoms with Crippen LogP contribution in [0.15, 0.2) is 48.7 Å². The lowest BCUT2D eigenvalue weighted by atomic mass is 10.1. The highest BCUT2D eigenvalue weighted by atomic mass is 19.1. The summed E-state index contributed by atoms with van der Waals surface area (Å²) < 4.78 is 20.7. The summed E-state index contributed by atoms with van der Waals surface area (Å²) in [5.74, 6) is 0.558. The van der Waals surface area contributed by atoms with E-state index in [9.17, 15) is 14.4 Å². The number of halogens is 1. The molecule has 1 aromatic carbocycles. The van der Waals surface area contributed by atoms with Gasteiger partial charge < -0.3 is 19.1 Å². The molecule has 0 radical (unpaired) electrons. The summed E-state index contributed by atoms with van der Waals surface area (Å²) in [4.78, 5) is 20.7.